The number of nitrogens with one attached hydrogen (secondary N) is 1. The molecule has 0 bridgehead atoms. The standard InChI is InChI=1S/C27H37F3N4OS/c1-18-15-21(17-31)16-19(2)23(18)8-14-36-34-12-10-26(11-13-34)25(35)32-24(33-26)22-5-3-20(4-6-22)7-9-27(28,29)30/h8,14-16,20,22H,3-7,9-13,17,31H2,1-2H3,(H,32,33,35)/b14-8+. The third kappa shape index (κ3) is 6.53. The lowest BCUT2D eigenvalue weighted by Gasteiger charge is -2.34. The molecule has 198 valence electrons. The molecule has 0 unspecified atom stereocenters. The van der Waals surface area contributed by atoms with Crippen LogP contribution in [-0.2, 0) is 11.3 Å². The Balaban J connectivity index is 1.28. The molecule has 3 N–H and O–H groups in total. The van der Waals surface area contributed by atoms with Gasteiger partial charge in [0.15, 0.2) is 0 Å². The summed E-state index contributed by atoms with van der Waals surface area (Å²) in [6.45, 7) is 6.28. The third-order valence-corrected chi connectivity index (χ3v) is 8.87. The monoisotopic (exact) mass is 522 g/mol. The highest BCUT2D eigenvalue weighted by molar-refractivity contribution is 8.00. The lowest BCUT2D eigenvalue weighted by molar-refractivity contribution is -0.138. The molecule has 0 atom stereocenters. The number of amidine groups is 1. The number of hydrogen-bond donors (Lipinski definition) is 2. The van der Waals surface area contributed by atoms with Crippen LogP contribution in [0.3, 0.4) is 0 Å². The molecule has 4 rings (SSSR count). The van der Waals surface area contributed by atoms with E-state index in [0.717, 1.165) is 50.2 Å². The van der Waals surface area contributed by atoms with Crippen LogP contribution < -0.4 is 11.1 Å². The molecule has 2 heterocycles. The van der Waals surface area contributed by atoms with E-state index in [4.69, 9.17) is 10.7 Å². The van der Waals surface area contributed by atoms with Crippen LogP contribution in [0.4, 0.5) is 13.2 Å². The highest BCUT2D eigenvalue weighted by Crippen LogP contribution is 2.38. The zero-order valence-electron chi connectivity index (χ0n) is 21.2. The van der Waals surface area contributed by atoms with E-state index in [-0.39, 0.29) is 24.2 Å². The maximum Gasteiger partial charge on any atom is 0.389 e. The van der Waals surface area contributed by atoms with Crippen LogP contribution in [0.5, 0.6) is 0 Å². The van der Waals surface area contributed by atoms with Crippen molar-refractivity contribution in [3.05, 3.63) is 39.8 Å². The van der Waals surface area contributed by atoms with Gasteiger partial charge < -0.3 is 11.1 Å². The van der Waals surface area contributed by atoms with Gasteiger partial charge in [0.05, 0.1) is 0 Å². The highest BCUT2D eigenvalue weighted by atomic mass is 32.2. The smallest absolute Gasteiger partial charge is 0.326 e. The molecule has 0 radical (unpaired) electrons. The van der Waals surface area contributed by atoms with Gasteiger partial charge in [0.2, 0.25) is 0 Å². The van der Waals surface area contributed by atoms with E-state index in [9.17, 15) is 18.0 Å². The largest absolute Gasteiger partial charge is 0.389 e. The van der Waals surface area contributed by atoms with Crippen LogP contribution in [0.15, 0.2) is 22.5 Å². The zero-order chi connectivity index (χ0) is 25.9. The summed E-state index contributed by atoms with van der Waals surface area (Å²) in [4.78, 5) is 17.8. The lowest BCUT2D eigenvalue weighted by atomic mass is 9.79. The van der Waals surface area contributed by atoms with Gasteiger partial charge in [-0.1, -0.05) is 24.1 Å². The van der Waals surface area contributed by atoms with E-state index in [0.29, 0.717) is 19.4 Å². The summed E-state index contributed by atoms with van der Waals surface area (Å²) >= 11 is 1.67. The molecule has 0 aromatic heterocycles. The number of hydrogen-bond acceptors (Lipinski definition) is 5. The lowest BCUT2D eigenvalue weighted by Crippen LogP contribution is -2.47. The Labute approximate surface area is 216 Å². The second-order valence-corrected chi connectivity index (χ2v) is 11.5. The van der Waals surface area contributed by atoms with Crippen molar-refractivity contribution in [2.45, 2.75) is 83.5 Å². The predicted octanol–water partition coefficient (Wildman–Crippen LogP) is 5.89. The van der Waals surface area contributed by atoms with E-state index < -0.39 is 18.1 Å². The Hall–Kier alpha value is -1.84. The molecule has 1 amide bonds. The number of benzene rings is 1. The number of nitrogens with zero attached hydrogens (tertiary/aromatic N) is 2. The number of nitrogens with two attached hydrogens (primary N) is 1. The van der Waals surface area contributed by atoms with Gasteiger partial charge in [-0.15, -0.1) is 0 Å². The molecule has 2 aliphatic heterocycles. The predicted molar refractivity (Wildman–Crippen MR) is 140 cm³/mol. The van der Waals surface area contributed by atoms with Gasteiger partial charge in [0.1, 0.15) is 11.4 Å². The maximum absolute atomic E-state index is 12.9. The van der Waals surface area contributed by atoms with Gasteiger partial charge in [0, 0.05) is 32.0 Å². The van der Waals surface area contributed by atoms with Crippen LogP contribution in [0.2, 0.25) is 0 Å². The number of carbonyl (C=O) groups is 1. The molecule has 1 aromatic carbocycles. The number of aryl methyl sites for hydroxylation is 2. The van der Waals surface area contributed by atoms with Gasteiger partial charge in [-0.2, -0.15) is 13.2 Å². The van der Waals surface area contributed by atoms with E-state index in [1.807, 2.05) is 0 Å². The van der Waals surface area contributed by atoms with Crippen molar-refractivity contribution in [3.8, 4) is 0 Å². The molecule has 1 saturated carbocycles. The van der Waals surface area contributed by atoms with Crippen molar-refractivity contribution in [1.82, 2.24) is 9.62 Å². The average molecular weight is 523 g/mol. The fraction of sp³-hybridized carbons (Fsp3) is 0.630. The minimum absolute atomic E-state index is 0.0110. The summed E-state index contributed by atoms with van der Waals surface area (Å²) in [6.07, 6.45) is 2.06. The normalized spacial score (nSPS) is 24.9. The van der Waals surface area contributed by atoms with E-state index in [1.165, 1.54) is 16.7 Å². The first-order chi connectivity index (χ1) is 17.1. The highest BCUT2D eigenvalue weighted by Gasteiger charge is 2.47. The molecule has 3 aliphatic rings. The molecule has 1 aromatic rings. The Bertz CT molecular complexity index is 984. The Kier molecular flexibility index (Phi) is 8.52. The van der Waals surface area contributed by atoms with Gasteiger partial charge in [0.25, 0.3) is 5.91 Å². The summed E-state index contributed by atoms with van der Waals surface area (Å²) in [5.74, 6) is 1.03. The summed E-state index contributed by atoms with van der Waals surface area (Å²) in [5, 5.41) is 5.15. The molecule has 36 heavy (non-hydrogen) atoms. The van der Waals surface area contributed by atoms with Crippen molar-refractivity contribution < 1.29 is 18.0 Å². The summed E-state index contributed by atoms with van der Waals surface area (Å²) in [6, 6.07) is 4.26. The van der Waals surface area contributed by atoms with Crippen molar-refractivity contribution in [3.63, 3.8) is 0 Å². The molecular formula is C27H37F3N4OS. The number of amides is 1. The summed E-state index contributed by atoms with van der Waals surface area (Å²) < 4.78 is 39.9. The minimum atomic E-state index is -4.08. The Morgan fingerprint density at radius 3 is 2.39 bits per heavy atom. The number of aliphatic imine (C=N–C) groups is 1. The number of halogens is 3. The number of piperidine rings is 1. The van der Waals surface area contributed by atoms with Crippen LogP contribution in [0.25, 0.3) is 6.08 Å². The van der Waals surface area contributed by atoms with E-state index in [2.05, 4.69) is 47.1 Å². The second kappa shape index (κ2) is 11.3. The fourth-order valence-corrected chi connectivity index (χ4v) is 6.52. The minimum Gasteiger partial charge on any atom is -0.326 e. The molecule has 2 fully saturated rings. The second-order valence-electron chi connectivity index (χ2n) is 10.5. The van der Waals surface area contributed by atoms with Gasteiger partial charge in [-0.05, 0) is 98.4 Å². The summed E-state index contributed by atoms with van der Waals surface area (Å²) in [5.41, 5.74) is 9.86. The Morgan fingerprint density at radius 2 is 1.81 bits per heavy atom. The quantitative estimate of drug-likeness (QED) is 0.438. The fourth-order valence-electron chi connectivity index (χ4n) is 5.76. The van der Waals surface area contributed by atoms with Crippen LogP contribution in [0.1, 0.15) is 73.6 Å². The average Bonchev–Trinajstić information content (AvgIpc) is 3.16. The zero-order valence-corrected chi connectivity index (χ0v) is 22.0. The first-order valence-electron chi connectivity index (χ1n) is 12.9. The molecule has 5 nitrogen and oxygen atoms in total. The van der Waals surface area contributed by atoms with Gasteiger partial charge in [-0.3, -0.25) is 9.79 Å². The van der Waals surface area contributed by atoms with Crippen molar-refractivity contribution in [2.75, 3.05) is 13.1 Å². The molecular weight excluding hydrogens is 485 g/mol. The Morgan fingerprint density at radius 1 is 1.17 bits per heavy atom. The molecule has 9 heteroatoms. The maximum atomic E-state index is 12.9. The van der Waals surface area contributed by atoms with Crippen molar-refractivity contribution >= 4 is 29.8 Å². The number of rotatable bonds is 7. The summed E-state index contributed by atoms with van der Waals surface area (Å²) in [7, 11) is 0. The molecule has 1 aliphatic carbocycles. The van der Waals surface area contributed by atoms with Gasteiger partial charge >= 0.3 is 6.18 Å². The van der Waals surface area contributed by atoms with Crippen LogP contribution >= 0.6 is 11.9 Å². The molecule has 1 saturated heterocycles. The van der Waals surface area contributed by atoms with E-state index >= 15 is 0 Å². The SMILES string of the molecule is Cc1cc(CN)cc(C)c1/C=C/SN1CCC2(CC1)N=C(C1CCC(CCC(F)(F)F)CC1)NC2=O. The van der Waals surface area contributed by atoms with Gasteiger partial charge in [-0.25, -0.2) is 4.31 Å². The topological polar surface area (TPSA) is 70.7 Å². The van der Waals surface area contributed by atoms with E-state index in [1.54, 1.807) is 11.9 Å². The van der Waals surface area contributed by atoms with Crippen molar-refractivity contribution in [2.24, 2.45) is 22.6 Å². The first kappa shape index (κ1) is 27.2. The third-order valence-electron chi connectivity index (χ3n) is 7.95. The molecule has 1 spiro atoms. The van der Waals surface area contributed by atoms with Crippen LogP contribution in [0, 0.1) is 25.7 Å². The van der Waals surface area contributed by atoms with Crippen molar-refractivity contribution in [1.29, 1.82) is 0 Å². The first-order valence-corrected chi connectivity index (χ1v) is 13.8. The number of carbonyl (C=O) groups excluding carboxylic acids is 1. The number of alkyl halides is 3. The van der Waals surface area contributed by atoms with Crippen LogP contribution in [-0.4, -0.2) is 40.9 Å².